The third-order valence-electron chi connectivity index (χ3n) is 3.28. The first kappa shape index (κ1) is 13.6. The van der Waals surface area contributed by atoms with Gasteiger partial charge in [0.2, 0.25) is 0 Å². The van der Waals surface area contributed by atoms with Gasteiger partial charge in [0.25, 0.3) is 0 Å². The summed E-state index contributed by atoms with van der Waals surface area (Å²) in [5.74, 6) is 0. The van der Waals surface area contributed by atoms with E-state index in [1.165, 1.54) is 5.41 Å². The molecule has 21 heavy (non-hydrogen) atoms. The molecule has 0 aromatic heterocycles. The lowest BCUT2D eigenvalue weighted by Gasteiger charge is -2.00. The number of hydrogen-bond donors (Lipinski definition) is 0. The van der Waals surface area contributed by atoms with Crippen LogP contribution < -0.4 is 0 Å². The second kappa shape index (κ2) is 5.54. The molecular weight excluding hydrogens is 280 g/mol. The van der Waals surface area contributed by atoms with Crippen molar-refractivity contribution < 1.29 is 8.42 Å². The molecule has 0 radical (unpaired) electrons. The van der Waals surface area contributed by atoms with E-state index in [0.717, 1.165) is 16.3 Å². The fourth-order valence-corrected chi connectivity index (χ4v) is 3.20. The average molecular weight is 294 g/mol. The van der Waals surface area contributed by atoms with Gasteiger partial charge in [0.05, 0.1) is 4.90 Å². The van der Waals surface area contributed by atoms with Crippen LogP contribution in [0.1, 0.15) is 5.56 Å². The molecule has 0 heterocycles. The highest BCUT2D eigenvalue weighted by molar-refractivity contribution is 7.94. The van der Waals surface area contributed by atoms with E-state index in [0.29, 0.717) is 4.90 Å². The highest BCUT2D eigenvalue weighted by atomic mass is 32.2. The Balaban J connectivity index is 1.94. The first-order chi connectivity index (χ1) is 10.1. The molecule has 104 valence electrons. The summed E-state index contributed by atoms with van der Waals surface area (Å²) in [6.07, 6.45) is 1.63. The molecule has 0 aliphatic heterocycles. The van der Waals surface area contributed by atoms with Gasteiger partial charge in [0.15, 0.2) is 9.84 Å². The van der Waals surface area contributed by atoms with E-state index in [-0.39, 0.29) is 0 Å². The highest BCUT2D eigenvalue weighted by Crippen LogP contribution is 2.18. The largest absolute Gasteiger partial charge is 0.219 e. The smallest absolute Gasteiger partial charge is 0.199 e. The van der Waals surface area contributed by atoms with Crippen molar-refractivity contribution in [2.24, 2.45) is 0 Å². The van der Waals surface area contributed by atoms with E-state index in [4.69, 9.17) is 0 Å². The molecule has 0 atom stereocenters. The Morgan fingerprint density at radius 3 is 2.14 bits per heavy atom. The number of benzene rings is 3. The summed E-state index contributed by atoms with van der Waals surface area (Å²) >= 11 is 0. The summed E-state index contributed by atoms with van der Waals surface area (Å²) in [7, 11) is -3.39. The Morgan fingerprint density at radius 1 is 0.714 bits per heavy atom. The molecule has 0 N–H and O–H groups in total. The number of sulfone groups is 1. The van der Waals surface area contributed by atoms with Gasteiger partial charge in [-0.05, 0) is 40.6 Å². The van der Waals surface area contributed by atoms with Crippen LogP contribution in [0, 0.1) is 0 Å². The summed E-state index contributed by atoms with van der Waals surface area (Å²) in [5.41, 5.74) is 0.869. The summed E-state index contributed by atoms with van der Waals surface area (Å²) in [5, 5.41) is 3.49. The van der Waals surface area contributed by atoms with E-state index in [1.807, 2.05) is 42.5 Å². The average Bonchev–Trinajstić information content (AvgIpc) is 2.54. The zero-order chi connectivity index (χ0) is 14.7. The van der Waals surface area contributed by atoms with Crippen molar-refractivity contribution in [3.05, 3.63) is 83.8 Å². The van der Waals surface area contributed by atoms with Crippen molar-refractivity contribution in [1.29, 1.82) is 0 Å². The molecule has 3 heteroatoms. The Morgan fingerprint density at radius 2 is 1.38 bits per heavy atom. The van der Waals surface area contributed by atoms with Gasteiger partial charge in [0.1, 0.15) is 0 Å². The van der Waals surface area contributed by atoms with E-state index < -0.39 is 9.84 Å². The van der Waals surface area contributed by atoms with Gasteiger partial charge in [-0.1, -0.05) is 54.6 Å². The summed E-state index contributed by atoms with van der Waals surface area (Å²) in [6, 6.07) is 22.3. The summed E-state index contributed by atoms with van der Waals surface area (Å²) in [4.78, 5) is 0.307. The number of hydrogen-bond acceptors (Lipinski definition) is 2. The molecule has 0 saturated carbocycles. The van der Waals surface area contributed by atoms with Crippen molar-refractivity contribution in [1.82, 2.24) is 0 Å². The molecule has 0 saturated heterocycles. The molecule has 3 aromatic rings. The first-order valence-corrected chi connectivity index (χ1v) is 8.17. The van der Waals surface area contributed by atoms with Gasteiger partial charge < -0.3 is 0 Å². The Hall–Kier alpha value is -2.39. The van der Waals surface area contributed by atoms with E-state index in [1.54, 1.807) is 36.4 Å². The SMILES string of the molecule is O=S(=O)(/C=C/c1ccc2ccccc2c1)c1ccccc1. The number of rotatable bonds is 3. The maximum Gasteiger partial charge on any atom is 0.199 e. The van der Waals surface area contributed by atoms with Crippen LogP contribution in [0.15, 0.2) is 83.1 Å². The van der Waals surface area contributed by atoms with Crippen molar-refractivity contribution in [3.8, 4) is 0 Å². The van der Waals surface area contributed by atoms with Crippen LogP contribution in [0.5, 0.6) is 0 Å². The normalized spacial score (nSPS) is 12.0. The molecule has 0 bridgehead atoms. The molecule has 0 unspecified atom stereocenters. The first-order valence-electron chi connectivity index (χ1n) is 6.62. The Bertz CT molecular complexity index is 895. The molecule has 2 nitrogen and oxygen atoms in total. The molecule has 0 spiro atoms. The monoisotopic (exact) mass is 294 g/mol. The maximum atomic E-state index is 12.2. The number of fused-ring (bicyclic) bond motifs is 1. The van der Waals surface area contributed by atoms with Crippen LogP contribution in [0.3, 0.4) is 0 Å². The topological polar surface area (TPSA) is 34.1 Å². The third kappa shape index (κ3) is 3.03. The zero-order valence-electron chi connectivity index (χ0n) is 11.3. The molecule has 0 aliphatic carbocycles. The predicted octanol–water partition coefficient (Wildman–Crippen LogP) is 4.28. The Labute approximate surface area is 124 Å². The lowest BCUT2D eigenvalue weighted by atomic mass is 10.1. The van der Waals surface area contributed by atoms with Crippen LogP contribution in [0.4, 0.5) is 0 Å². The minimum atomic E-state index is -3.39. The molecule has 3 aromatic carbocycles. The van der Waals surface area contributed by atoms with Crippen LogP contribution in [-0.4, -0.2) is 8.42 Å². The molecule has 3 rings (SSSR count). The quantitative estimate of drug-likeness (QED) is 0.722. The predicted molar refractivity (Wildman–Crippen MR) is 86.6 cm³/mol. The van der Waals surface area contributed by atoms with Gasteiger partial charge >= 0.3 is 0 Å². The highest BCUT2D eigenvalue weighted by Gasteiger charge is 2.08. The van der Waals surface area contributed by atoms with Crippen molar-refractivity contribution in [2.45, 2.75) is 4.90 Å². The van der Waals surface area contributed by atoms with Crippen molar-refractivity contribution >= 4 is 26.7 Å². The van der Waals surface area contributed by atoms with Crippen molar-refractivity contribution in [3.63, 3.8) is 0 Å². The molecule has 0 fully saturated rings. The third-order valence-corrected chi connectivity index (χ3v) is 4.71. The minimum absolute atomic E-state index is 0.307. The van der Waals surface area contributed by atoms with Crippen LogP contribution in [0.2, 0.25) is 0 Å². The maximum absolute atomic E-state index is 12.2. The molecule has 0 aliphatic rings. The Kier molecular flexibility index (Phi) is 3.59. The van der Waals surface area contributed by atoms with Gasteiger partial charge in [0, 0.05) is 5.41 Å². The van der Waals surface area contributed by atoms with Gasteiger partial charge in [-0.15, -0.1) is 0 Å². The molecule has 0 amide bonds. The van der Waals surface area contributed by atoms with Crippen molar-refractivity contribution in [2.75, 3.05) is 0 Å². The molecular formula is C18H14O2S. The van der Waals surface area contributed by atoms with E-state index in [2.05, 4.69) is 0 Å². The lowest BCUT2D eigenvalue weighted by molar-refractivity contribution is 0.605. The van der Waals surface area contributed by atoms with E-state index >= 15 is 0 Å². The standard InChI is InChI=1S/C18H14O2S/c19-21(20,18-8-2-1-3-9-18)13-12-15-10-11-16-6-4-5-7-17(16)14-15/h1-14H/b13-12+. The zero-order valence-corrected chi connectivity index (χ0v) is 12.1. The lowest BCUT2D eigenvalue weighted by Crippen LogP contribution is -1.95. The van der Waals surface area contributed by atoms with Gasteiger partial charge in [-0.25, -0.2) is 8.42 Å². The summed E-state index contributed by atoms with van der Waals surface area (Å²) in [6.45, 7) is 0. The van der Waals surface area contributed by atoms with Gasteiger partial charge in [-0.2, -0.15) is 0 Å². The summed E-state index contributed by atoms with van der Waals surface area (Å²) < 4.78 is 24.4. The minimum Gasteiger partial charge on any atom is -0.219 e. The van der Waals surface area contributed by atoms with Crippen LogP contribution in [0.25, 0.3) is 16.8 Å². The fraction of sp³-hybridized carbons (Fsp3) is 0. The van der Waals surface area contributed by atoms with E-state index in [9.17, 15) is 8.42 Å². The second-order valence-corrected chi connectivity index (χ2v) is 6.60. The van der Waals surface area contributed by atoms with Crippen LogP contribution >= 0.6 is 0 Å². The second-order valence-electron chi connectivity index (χ2n) is 4.77. The van der Waals surface area contributed by atoms with Gasteiger partial charge in [-0.3, -0.25) is 0 Å². The fourth-order valence-electron chi connectivity index (χ4n) is 2.17. The van der Waals surface area contributed by atoms with Crippen LogP contribution in [-0.2, 0) is 9.84 Å².